The molecule has 0 unspecified atom stereocenters. The number of carbonyl (C=O) groups is 1. The predicted octanol–water partition coefficient (Wildman–Crippen LogP) is 6.21. The molecule has 0 bridgehead atoms. The summed E-state index contributed by atoms with van der Waals surface area (Å²) in [5, 5.41) is 4.23. The number of nitrogens with zero attached hydrogens (tertiary/aromatic N) is 4. The molecule has 1 fully saturated rings. The van der Waals surface area contributed by atoms with Crippen LogP contribution in [0.3, 0.4) is 0 Å². The van der Waals surface area contributed by atoms with E-state index in [2.05, 4.69) is 46.5 Å². The molecule has 7 heteroatoms. The zero-order valence-corrected chi connectivity index (χ0v) is 20.2. The maximum atomic E-state index is 13.1. The predicted molar refractivity (Wildman–Crippen MR) is 138 cm³/mol. The Morgan fingerprint density at radius 3 is 2.68 bits per heavy atom. The summed E-state index contributed by atoms with van der Waals surface area (Å²) in [5.41, 5.74) is 4.63. The average Bonchev–Trinajstić information content (AvgIpc) is 3.54. The van der Waals surface area contributed by atoms with Crippen molar-refractivity contribution in [2.75, 3.05) is 17.3 Å². The van der Waals surface area contributed by atoms with Crippen molar-refractivity contribution in [3.05, 3.63) is 78.2 Å². The molecule has 4 aromatic rings. The first-order chi connectivity index (χ1) is 16.6. The number of pyridine rings is 2. The van der Waals surface area contributed by atoms with E-state index in [0.29, 0.717) is 16.7 Å². The fourth-order valence-corrected chi connectivity index (χ4v) is 5.38. The number of anilines is 2. The van der Waals surface area contributed by atoms with Gasteiger partial charge in [-0.25, -0.2) is 9.97 Å². The van der Waals surface area contributed by atoms with Crippen molar-refractivity contribution in [2.45, 2.75) is 38.6 Å². The van der Waals surface area contributed by atoms with Gasteiger partial charge in [0.05, 0.1) is 16.1 Å². The summed E-state index contributed by atoms with van der Waals surface area (Å²) in [6, 6.07) is 16.4. The second-order valence-electron chi connectivity index (χ2n) is 8.70. The quantitative estimate of drug-likeness (QED) is 0.364. The second kappa shape index (κ2) is 9.73. The van der Waals surface area contributed by atoms with Crippen LogP contribution in [0.5, 0.6) is 0 Å². The van der Waals surface area contributed by atoms with Gasteiger partial charge in [0, 0.05) is 37.2 Å². The third kappa shape index (κ3) is 4.70. The van der Waals surface area contributed by atoms with E-state index >= 15 is 0 Å². The van der Waals surface area contributed by atoms with Crippen LogP contribution in [-0.2, 0) is 0 Å². The maximum absolute atomic E-state index is 13.1. The van der Waals surface area contributed by atoms with Crippen LogP contribution in [0, 0.1) is 6.92 Å². The molecule has 6 nitrogen and oxygen atoms in total. The van der Waals surface area contributed by atoms with Gasteiger partial charge in [0.15, 0.2) is 5.13 Å². The summed E-state index contributed by atoms with van der Waals surface area (Å²) >= 11 is 1.51. The largest absolute Gasteiger partial charge is 0.367 e. The van der Waals surface area contributed by atoms with Crippen LogP contribution in [0.15, 0.2) is 67.1 Å². The number of hydrogen-bond acceptors (Lipinski definition) is 6. The number of rotatable bonds is 6. The van der Waals surface area contributed by atoms with Gasteiger partial charge in [-0.3, -0.25) is 14.7 Å². The lowest BCUT2D eigenvalue weighted by molar-refractivity contribution is 0.0992. The van der Waals surface area contributed by atoms with Crippen LogP contribution in [0.4, 0.5) is 10.9 Å². The molecule has 1 N–H and O–H groups in total. The van der Waals surface area contributed by atoms with E-state index in [4.69, 9.17) is 4.98 Å². The molecule has 1 aliphatic rings. The lowest BCUT2D eigenvalue weighted by atomic mass is 10.1. The number of thiazole rings is 1. The van der Waals surface area contributed by atoms with Crippen LogP contribution in [0.2, 0.25) is 0 Å². The van der Waals surface area contributed by atoms with E-state index < -0.39 is 0 Å². The summed E-state index contributed by atoms with van der Waals surface area (Å²) in [6.07, 6.45) is 10.00. The molecule has 1 aliphatic carbocycles. The van der Waals surface area contributed by atoms with Crippen LogP contribution < -0.4 is 10.2 Å². The molecule has 5 rings (SSSR count). The zero-order chi connectivity index (χ0) is 23.5. The SMILES string of the molecule is Cc1cccc(-c2nc(N(C)C(=O)c3cccnc3)sc2-c2ccnc(NC3CCCC3)c2)c1. The number of carbonyl (C=O) groups excluding carboxylic acids is 1. The second-order valence-corrected chi connectivity index (χ2v) is 9.68. The van der Waals surface area contributed by atoms with Crippen molar-refractivity contribution in [3.63, 3.8) is 0 Å². The van der Waals surface area contributed by atoms with E-state index in [0.717, 1.165) is 33.1 Å². The van der Waals surface area contributed by atoms with Gasteiger partial charge in [-0.1, -0.05) is 47.9 Å². The minimum Gasteiger partial charge on any atom is -0.367 e. The molecule has 3 aromatic heterocycles. The van der Waals surface area contributed by atoms with Crippen molar-refractivity contribution in [2.24, 2.45) is 0 Å². The Bertz CT molecular complexity index is 1300. The number of nitrogens with one attached hydrogen (secondary N) is 1. The highest BCUT2D eigenvalue weighted by Crippen LogP contribution is 2.41. The van der Waals surface area contributed by atoms with Crippen LogP contribution in [-0.4, -0.2) is 33.9 Å². The Morgan fingerprint density at radius 2 is 1.91 bits per heavy atom. The Balaban J connectivity index is 1.54. The molecule has 0 radical (unpaired) electrons. The normalized spacial score (nSPS) is 13.7. The van der Waals surface area contributed by atoms with Crippen molar-refractivity contribution in [1.29, 1.82) is 0 Å². The van der Waals surface area contributed by atoms with E-state index in [1.54, 1.807) is 36.5 Å². The van der Waals surface area contributed by atoms with Gasteiger partial charge in [0.2, 0.25) is 0 Å². The van der Waals surface area contributed by atoms with Crippen molar-refractivity contribution in [1.82, 2.24) is 15.0 Å². The van der Waals surface area contributed by atoms with Gasteiger partial charge in [-0.2, -0.15) is 0 Å². The Labute approximate surface area is 203 Å². The monoisotopic (exact) mass is 469 g/mol. The number of aryl methyl sites for hydroxylation is 1. The smallest absolute Gasteiger partial charge is 0.261 e. The van der Waals surface area contributed by atoms with Gasteiger partial charge >= 0.3 is 0 Å². The number of amides is 1. The summed E-state index contributed by atoms with van der Waals surface area (Å²) in [5.74, 6) is 0.747. The lowest BCUT2D eigenvalue weighted by Gasteiger charge is -2.13. The zero-order valence-electron chi connectivity index (χ0n) is 19.4. The number of aromatic nitrogens is 3. The fraction of sp³-hybridized carbons (Fsp3) is 0.259. The molecular weight excluding hydrogens is 442 g/mol. The summed E-state index contributed by atoms with van der Waals surface area (Å²) in [7, 11) is 1.76. The fourth-order valence-electron chi connectivity index (χ4n) is 4.34. The maximum Gasteiger partial charge on any atom is 0.261 e. The third-order valence-corrected chi connectivity index (χ3v) is 7.32. The standard InChI is InChI=1S/C27H27N5OS/c1-18-7-5-8-19(15-18)24-25(20-12-14-29-23(16-20)30-22-10-3-4-11-22)34-27(31-24)32(2)26(33)21-9-6-13-28-17-21/h5-9,12-17,22H,3-4,10-11H2,1-2H3,(H,29,30). The molecule has 34 heavy (non-hydrogen) atoms. The minimum absolute atomic E-state index is 0.137. The Hall–Kier alpha value is -3.58. The number of benzene rings is 1. The molecule has 1 amide bonds. The number of hydrogen-bond donors (Lipinski definition) is 1. The summed E-state index contributed by atoms with van der Waals surface area (Å²) in [4.78, 5) is 29.3. The third-order valence-electron chi connectivity index (χ3n) is 6.14. The van der Waals surface area contributed by atoms with E-state index in [1.807, 2.05) is 18.3 Å². The molecule has 0 aliphatic heterocycles. The highest BCUT2D eigenvalue weighted by Gasteiger charge is 2.22. The topological polar surface area (TPSA) is 71.0 Å². The summed E-state index contributed by atoms with van der Waals surface area (Å²) in [6.45, 7) is 2.07. The molecule has 172 valence electrons. The van der Waals surface area contributed by atoms with Crippen LogP contribution >= 0.6 is 11.3 Å². The van der Waals surface area contributed by atoms with Crippen LogP contribution in [0.25, 0.3) is 21.7 Å². The Morgan fingerprint density at radius 1 is 1.06 bits per heavy atom. The minimum atomic E-state index is -0.137. The van der Waals surface area contributed by atoms with Crippen LogP contribution in [0.1, 0.15) is 41.6 Å². The molecular formula is C27H27N5OS. The van der Waals surface area contributed by atoms with E-state index in [-0.39, 0.29) is 5.91 Å². The first-order valence-electron chi connectivity index (χ1n) is 11.6. The molecule has 1 aromatic carbocycles. The van der Waals surface area contributed by atoms with Gasteiger partial charge in [0.1, 0.15) is 5.82 Å². The first-order valence-corrected chi connectivity index (χ1v) is 12.4. The first kappa shape index (κ1) is 22.2. The van der Waals surface area contributed by atoms with Crippen molar-refractivity contribution >= 4 is 28.2 Å². The van der Waals surface area contributed by atoms with Gasteiger partial charge in [-0.05, 0) is 55.7 Å². The van der Waals surface area contributed by atoms with E-state index in [9.17, 15) is 4.79 Å². The molecule has 0 saturated heterocycles. The molecule has 0 atom stereocenters. The lowest BCUT2D eigenvalue weighted by Crippen LogP contribution is -2.26. The summed E-state index contributed by atoms with van der Waals surface area (Å²) < 4.78 is 0. The van der Waals surface area contributed by atoms with E-state index in [1.165, 1.54) is 37.0 Å². The molecule has 0 spiro atoms. The average molecular weight is 470 g/mol. The highest BCUT2D eigenvalue weighted by atomic mass is 32.1. The highest BCUT2D eigenvalue weighted by molar-refractivity contribution is 7.19. The van der Waals surface area contributed by atoms with Gasteiger partial charge < -0.3 is 5.32 Å². The van der Waals surface area contributed by atoms with Gasteiger partial charge in [-0.15, -0.1) is 0 Å². The Kier molecular flexibility index (Phi) is 6.36. The van der Waals surface area contributed by atoms with Crippen molar-refractivity contribution in [3.8, 4) is 21.7 Å². The molecule has 3 heterocycles. The van der Waals surface area contributed by atoms with Gasteiger partial charge in [0.25, 0.3) is 5.91 Å². The molecule has 1 saturated carbocycles. The van der Waals surface area contributed by atoms with Crippen molar-refractivity contribution < 1.29 is 4.79 Å².